The van der Waals surface area contributed by atoms with Crippen molar-refractivity contribution in [3.8, 4) is 5.75 Å². The Bertz CT molecular complexity index is 1110. The summed E-state index contributed by atoms with van der Waals surface area (Å²) >= 11 is 1.34. The van der Waals surface area contributed by atoms with Crippen LogP contribution in [0.2, 0.25) is 0 Å². The first-order valence-electron chi connectivity index (χ1n) is 11.4. The molecule has 1 amide bonds. The van der Waals surface area contributed by atoms with Crippen molar-refractivity contribution in [3.05, 3.63) is 46.8 Å². The molecule has 1 N–H and O–H groups in total. The number of methoxy groups -OCH3 is 1. The van der Waals surface area contributed by atoms with Gasteiger partial charge in [-0.15, -0.1) is 5.10 Å². The van der Waals surface area contributed by atoms with Gasteiger partial charge in [-0.25, -0.2) is 9.50 Å². The van der Waals surface area contributed by atoms with Crippen molar-refractivity contribution in [2.75, 3.05) is 32.5 Å². The fraction of sp³-hybridized carbons (Fsp3) is 0.500. The first-order chi connectivity index (χ1) is 16.0. The predicted molar refractivity (Wildman–Crippen MR) is 130 cm³/mol. The number of nitrogens with zero attached hydrogens (tertiary/aromatic N) is 5. The van der Waals surface area contributed by atoms with Crippen molar-refractivity contribution in [3.63, 3.8) is 0 Å². The Labute approximate surface area is 199 Å². The maximum absolute atomic E-state index is 12.7. The van der Waals surface area contributed by atoms with E-state index in [1.807, 2.05) is 32.9 Å². The summed E-state index contributed by atoms with van der Waals surface area (Å²) in [6.07, 6.45) is 3.67. The van der Waals surface area contributed by atoms with E-state index >= 15 is 0 Å². The first-order valence-corrected chi connectivity index (χ1v) is 12.4. The average molecular weight is 469 g/mol. The van der Waals surface area contributed by atoms with Gasteiger partial charge in [-0.2, -0.15) is 4.98 Å². The average Bonchev–Trinajstić information content (AvgIpc) is 3.25. The molecule has 8 nitrogen and oxygen atoms in total. The van der Waals surface area contributed by atoms with Crippen molar-refractivity contribution in [1.29, 1.82) is 0 Å². The number of likely N-dealkylation sites (tertiary alicyclic amines) is 1. The van der Waals surface area contributed by atoms with Crippen LogP contribution in [0.3, 0.4) is 0 Å². The zero-order valence-corrected chi connectivity index (χ0v) is 20.6. The van der Waals surface area contributed by atoms with E-state index in [0.717, 1.165) is 35.8 Å². The van der Waals surface area contributed by atoms with Gasteiger partial charge in [0.1, 0.15) is 5.75 Å². The van der Waals surface area contributed by atoms with Gasteiger partial charge in [0.2, 0.25) is 11.1 Å². The number of piperidine rings is 1. The largest absolute Gasteiger partial charge is 0.497 e. The summed E-state index contributed by atoms with van der Waals surface area (Å²) in [7, 11) is 1.67. The number of hydrogen-bond donors (Lipinski definition) is 1. The highest BCUT2D eigenvalue weighted by molar-refractivity contribution is 7.99. The fourth-order valence-electron chi connectivity index (χ4n) is 4.20. The monoisotopic (exact) mass is 468 g/mol. The van der Waals surface area contributed by atoms with Crippen molar-refractivity contribution in [2.45, 2.75) is 51.2 Å². The number of fused-ring (bicyclic) bond motifs is 1. The molecule has 1 aliphatic heterocycles. The van der Waals surface area contributed by atoms with Crippen molar-refractivity contribution in [2.24, 2.45) is 0 Å². The second kappa shape index (κ2) is 10.5. The lowest BCUT2D eigenvalue weighted by atomic mass is 10.0. The number of aromatic nitrogens is 4. The Hall–Kier alpha value is -2.65. The topological polar surface area (TPSA) is 84.6 Å². The fourth-order valence-corrected chi connectivity index (χ4v) is 4.85. The molecule has 2 aromatic heterocycles. The summed E-state index contributed by atoms with van der Waals surface area (Å²) in [6.45, 7) is 8.69. The summed E-state index contributed by atoms with van der Waals surface area (Å²) < 4.78 is 7.05. The maximum atomic E-state index is 12.7. The zero-order chi connectivity index (χ0) is 23.4. The lowest BCUT2D eigenvalue weighted by Crippen LogP contribution is -2.41. The molecule has 1 aromatic carbocycles. The third-order valence-corrected chi connectivity index (χ3v) is 7.24. The number of benzene rings is 1. The molecule has 9 heteroatoms. The number of thioether (sulfide) groups is 1. The van der Waals surface area contributed by atoms with Crippen LogP contribution in [0.1, 0.15) is 47.8 Å². The van der Waals surface area contributed by atoms with Crippen LogP contribution >= 0.6 is 11.8 Å². The summed E-state index contributed by atoms with van der Waals surface area (Å²) in [5.74, 6) is 1.66. The van der Waals surface area contributed by atoms with E-state index in [4.69, 9.17) is 4.74 Å². The van der Waals surface area contributed by atoms with E-state index in [2.05, 4.69) is 37.4 Å². The summed E-state index contributed by atoms with van der Waals surface area (Å²) in [5.41, 5.74) is 4.26. The van der Waals surface area contributed by atoms with Gasteiger partial charge in [0.05, 0.1) is 18.9 Å². The number of aryl methyl sites for hydroxylation is 2. The lowest BCUT2D eigenvalue weighted by Gasteiger charge is -2.35. The quantitative estimate of drug-likeness (QED) is 0.507. The molecule has 3 heterocycles. The third kappa shape index (κ3) is 5.47. The van der Waals surface area contributed by atoms with E-state index in [1.165, 1.54) is 36.6 Å². The maximum Gasteiger partial charge on any atom is 0.253 e. The van der Waals surface area contributed by atoms with Crippen LogP contribution in [-0.4, -0.2) is 62.9 Å². The molecular weight excluding hydrogens is 436 g/mol. The highest BCUT2D eigenvalue weighted by Crippen LogP contribution is 2.26. The van der Waals surface area contributed by atoms with Crippen molar-refractivity contribution >= 4 is 23.4 Å². The molecular formula is C24H32N6O2S. The number of nitrogens with one attached hydrogen (secondary N) is 1. The highest BCUT2D eigenvalue weighted by atomic mass is 32.2. The molecule has 1 atom stereocenters. The molecule has 1 saturated heterocycles. The molecule has 4 rings (SSSR count). The van der Waals surface area contributed by atoms with Crippen LogP contribution in [-0.2, 0) is 4.79 Å². The molecule has 0 spiro atoms. The number of rotatable bonds is 8. The molecule has 0 bridgehead atoms. The Kier molecular flexibility index (Phi) is 7.49. The van der Waals surface area contributed by atoms with Crippen LogP contribution in [0, 0.1) is 20.8 Å². The number of hydrogen-bond acceptors (Lipinski definition) is 7. The second-order valence-electron chi connectivity index (χ2n) is 8.49. The molecule has 1 fully saturated rings. The van der Waals surface area contributed by atoms with E-state index in [0.29, 0.717) is 17.5 Å². The Morgan fingerprint density at radius 2 is 1.85 bits per heavy atom. The third-order valence-electron chi connectivity index (χ3n) is 6.40. The smallest absolute Gasteiger partial charge is 0.253 e. The Balaban J connectivity index is 1.38. The number of carbonyl (C=O) groups is 1. The van der Waals surface area contributed by atoms with E-state index in [1.54, 1.807) is 11.6 Å². The molecule has 1 aliphatic rings. The van der Waals surface area contributed by atoms with Gasteiger partial charge in [-0.1, -0.05) is 30.3 Å². The number of carbonyl (C=O) groups excluding carboxylic acids is 1. The van der Waals surface area contributed by atoms with Crippen molar-refractivity contribution in [1.82, 2.24) is 29.8 Å². The van der Waals surface area contributed by atoms with Crippen LogP contribution in [0.15, 0.2) is 29.4 Å². The molecule has 0 aliphatic carbocycles. The minimum Gasteiger partial charge on any atom is -0.497 e. The van der Waals surface area contributed by atoms with Gasteiger partial charge in [-0.3, -0.25) is 9.69 Å². The van der Waals surface area contributed by atoms with Gasteiger partial charge in [0.25, 0.3) is 5.78 Å². The Morgan fingerprint density at radius 1 is 1.12 bits per heavy atom. The lowest BCUT2D eigenvalue weighted by molar-refractivity contribution is -0.118. The SMILES string of the molecule is COc1ccc(C(CNC(=O)CSc2nc3nc(C)c(C)c(C)n3n2)N2CCCCC2)cc1. The van der Waals surface area contributed by atoms with Crippen molar-refractivity contribution < 1.29 is 9.53 Å². The molecule has 1 unspecified atom stereocenters. The summed E-state index contributed by atoms with van der Waals surface area (Å²) in [5, 5.41) is 8.22. The standard InChI is InChI=1S/C24H32N6O2S/c1-16-17(2)26-23-27-24(28-30(23)18(16)3)33-15-22(31)25-14-21(29-12-6-5-7-13-29)19-8-10-20(32-4)11-9-19/h8-11,21H,5-7,12-15H2,1-4H3,(H,25,31). The molecule has 0 saturated carbocycles. The van der Waals surface area contributed by atoms with Crippen LogP contribution in [0.25, 0.3) is 5.78 Å². The minimum absolute atomic E-state index is 0.0218. The first kappa shape index (κ1) is 23.5. The summed E-state index contributed by atoms with van der Waals surface area (Å²) in [6, 6.07) is 8.31. The van der Waals surface area contributed by atoms with Gasteiger partial charge < -0.3 is 10.1 Å². The number of amides is 1. The molecule has 176 valence electrons. The van der Waals surface area contributed by atoms with Crippen LogP contribution < -0.4 is 10.1 Å². The van der Waals surface area contributed by atoms with Gasteiger partial charge in [-0.05, 0) is 70.0 Å². The van der Waals surface area contributed by atoms with Gasteiger partial charge >= 0.3 is 0 Å². The Morgan fingerprint density at radius 3 is 2.55 bits per heavy atom. The van der Waals surface area contributed by atoms with Crippen LogP contribution in [0.5, 0.6) is 5.75 Å². The predicted octanol–water partition coefficient (Wildman–Crippen LogP) is 3.49. The van der Waals surface area contributed by atoms with E-state index in [-0.39, 0.29) is 17.7 Å². The van der Waals surface area contributed by atoms with Gasteiger partial charge in [0, 0.05) is 17.9 Å². The zero-order valence-electron chi connectivity index (χ0n) is 19.8. The van der Waals surface area contributed by atoms with E-state index < -0.39 is 0 Å². The number of ether oxygens (including phenoxy) is 1. The second-order valence-corrected chi connectivity index (χ2v) is 9.43. The van der Waals surface area contributed by atoms with Crippen LogP contribution in [0.4, 0.5) is 0 Å². The highest BCUT2D eigenvalue weighted by Gasteiger charge is 2.23. The normalized spacial score (nSPS) is 15.5. The molecule has 3 aromatic rings. The summed E-state index contributed by atoms with van der Waals surface area (Å²) in [4.78, 5) is 24.1. The molecule has 0 radical (unpaired) electrons. The van der Waals surface area contributed by atoms with Gasteiger partial charge in [0.15, 0.2) is 0 Å². The van der Waals surface area contributed by atoms with E-state index in [9.17, 15) is 4.79 Å². The molecule has 33 heavy (non-hydrogen) atoms. The minimum atomic E-state index is -0.0218.